The van der Waals surface area contributed by atoms with Gasteiger partial charge in [-0.2, -0.15) is 0 Å². The fourth-order valence-electron chi connectivity index (χ4n) is 1.25. The van der Waals surface area contributed by atoms with E-state index in [0.29, 0.717) is 0 Å². The number of aromatic amines is 1. The third-order valence-corrected chi connectivity index (χ3v) is 3.03. The maximum absolute atomic E-state index is 10.3. The maximum atomic E-state index is 10.3. The first-order valence-electron chi connectivity index (χ1n) is 4.54. The summed E-state index contributed by atoms with van der Waals surface area (Å²) in [6.07, 6.45) is 2.42. The molecule has 0 aliphatic rings. The van der Waals surface area contributed by atoms with E-state index in [9.17, 15) is 5.11 Å². The van der Waals surface area contributed by atoms with Gasteiger partial charge in [0.1, 0.15) is 0 Å². The highest BCUT2D eigenvalue weighted by molar-refractivity contribution is 7.99. The second-order valence-corrected chi connectivity index (χ2v) is 4.16. The molecule has 0 aliphatic carbocycles. The molecule has 1 aromatic heterocycles. The molecule has 14 heavy (non-hydrogen) atoms. The van der Waals surface area contributed by atoms with Gasteiger partial charge in [-0.1, -0.05) is 0 Å². The van der Waals surface area contributed by atoms with Gasteiger partial charge in [0, 0.05) is 10.6 Å². The molecule has 0 spiro atoms. The van der Waals surface area contributed by atoms with Crippen molar-refractivity contribution in [3.05, 3.63) is 24.5 Å². The smallest absolute Gasteiger partial charge is 0.0931 e. The number of imidazole rings is 1. The van der Waals surface area contributed by atoms with Crippen molar-refractivity contribution in [2.75, 3.05) is 12.4 Å². The van der Waals surface area contributed by atoms with Gasteiger partial charge < -0.3 is 4.98 Å². The average Bonchev–Trinajstić information content (AvgIpc) is 2.65. The summed E-state index contributed by atoms with van der Waals surface area (Å²) >= 11 is 1.72. The zero-order chi connectivity index (χ0) is 9.80. The zero-order valence-corrected chi connectivity index (χ0v) is 8.51. The van der Waals surface area contributed by atoms with E-state index in [0.717, 1.165) is 23.2 Å². The van der Waals surface area contributed by atoms with Crippen molar-refractivity contribution in [1.29, 1.82) is 0 Å². The van der Waals surface area contributed by atoms with Crippen molar-refractivity contribution >= 4 is 22.8 Å². The van der Waals surface area contributed by atoms with E-state index in [1.54, 1.807) is 18.1 Å². The highest BCUT2D eigenvalue weighted by Crippen LogP contribution is 2.22. The molecule has 0 saturated carbocycles. The van der Waals surface area contributed by atoms with Crippen molar-refractivity contribution in [1.82, 2.24) is 9.97 Å². The lowest BCUT2D eigenvalue weighted by atomic mass is 10.3. The molecule has 2 aromatic rings. The summed E-state index contributed by atoms with van der Waals surface area (Å²) in [7, 11) is 0. The Morgan fingerprint density at radius 2 is 2.36 bits per heavy atom. The van der Waals surface area contributed by atoms with Crippen molar-refractivity contribution in [3.8, 4) is 0 Å². The van der Waals surface area contributed by atoms with Crippen molar-refractivity contribution in [2.45, 2.75) is 11.3 Å². The van der Waals surface area contributed by atoms with Gasteiger partial charge in [-0.25, -0.2) is 10.1 Å². The van der Waals surface area contributed by atoms with Crippen LogP contribution in [0, 0.1) is 0 Å². The van der Waals surface area contributed by atoms with Crippen LogP contribution in [0.2, 0.25) is 0 Å². The number of hydrogen-bond acceptors (Lipinski definition) is 2. The molecule has 1 aromatic carbocycles. The molecule has 0 aliphatic heterocycles. The number of benzene rings is 1. The molecule has 0 unspecified atom stereocenters. The number of rotatable bonds is 4. The first-order chi connectivity index (χ1) is 6.90. The largest absolute Gasteiger partial charge is 0.345 e. The van der Waals surface area contributed by atoms with Gasteiger partial charge in [0.2, 0.25) is 0 Å². The highest BCUT2D eigenvalue weighted by atomic mass is 32.2. The molecule has 0 atom stereocenters. The fourth-order valence-corrected chi connectivity index (χ4v) is 2.12. The summed E-state index contributed by atoms with van der Waals surface area (Å²) in [5.41, 5.74) is 2.04. The highest BCUT2D eigenvalue weighted by Gasteiger charge is 1.98. The van der Waals surface area contributed by atoms with E-state index in [-0.39, 0.29) is 6.61 Å². The Balaban J connectivity index is 2.10. The summed E-state index contributed by atoms with van der Waals surface area (Å²) in [6, 6.07) is 6.10. The molecule has 4 heteroatoms. The van der Waals surface area contributed by atoms with Gasteiger partial charge in [0.05, 0.1) is 24.0 Å². The number of hydrogen-bond donors (Lipinski definition) is 1. The maximum Gasteiger partial charge on any atom is 0.0931 e. The summed E-state index contributed by atoms with van der Waals surface area (Å²) in [4.78, 5) is 8.40. The molecule has 0 bridgehead atoms. The first-order valence-corrected chi connectivity index (χ1v) is 5.53. The van der Waals surface area contributed by atoms with E-state index in [2.05, 4.69) is 16.0 Å². The minimum absolute atomic E-state index is 0.0132. The monoisotopic (exact) mass is 207 g/mol. The fraction of sp³-hybridized carbons (Fsp3) is 0.300. The Labute approximate surface area is 86.6 Å². The molecule has 0 fully saturated rings. The minimum Gasteiger partial charge on any atom is -0.345 e. The minimum atomic E-state index is 0.0132. The normalized spacial score (nSPS) is 10.9. The number of aromatic nitrogens is 2. The standard InChI is InChI=1S/C10H11N2OS/c13-4-1-5-14-8-2-3-9-10(6-8)12-7-11-9/h2-3,6-7H,1,4-5H2,(H,11,12). The molecule has 0 saturated heterocycles. The van der Waals surface area contributed by atoms with Crippen molar-refractivity contribution in [3.63, 3.8) is 0 Å². The lowest BCUT2D eigenvalue weighted by Gasteiger charge is -1.99. The third-order valence-electron chi connectivity index (χ3n) is 1.95. The van der Waals surface area contributed by atoms with Gasteiger partial charge in [-0.05, 0) is 24.6 Å². The Hall–Kier alpha value is -1.00. The second kappa shape index (κ2) is 4.48. The van der Waals surface area contributed by atoms with Gasteiger partial charge >= 0.3 is 0 Å². The zero-order valence-electron chi connectivity index (χ0n) is 7.69. The van der Waals surface area contributed by atoms with Crippen LogP contribution in [0.5, 0.6) is 0 Å². The van der Waals surface area contributed by atoms with Crippen LogP contribution in [-0.4, -0.2) is 22.3 Å². The quantitative estimate of drug-likeness (QED) is 0.618. The Morgan fingerprint density at radius 1 is 1.43 bits per heavy atom. The van der Waals surface area contributed by atoms with Crippen LogP contribution in [0.3, 0.4) is 0 Å². The molecule has 1 heterocycles. The van der Waals surface area contributed by atoms with Crippen LogP contribution in [0.1, 0.15) is 6.42 Å². The number of nitrogens with zero attached hydrogens (tertiary/aromatic N) is 1. The van der Waals surface area contributed by atoms with Crippen LogP contribution in [0.4, 0.5) is 0 Å². The molecule has 2 rings (SSSR count). The molecule has 73 valence electrons. The number of fused-ring (bicyclic) bond motifs is 1. The number of nitrogens with one attached hydrogen (secondary N) is 1. The van der Waals surface area contributed by atoms with E-state index in [4.69, 9.17) is 0 Å². The lowest BCUT2D eigenvalue weighted by Crippen LogP contribution is -1.83. The molecule has 3 nitrogen and oxygen atoms in total. The number of thioether (sulfide) groups is 1. The molecular weight excluding hydrogens is 196 g/mol. The molecule has 1 radical (unpaired) electrons. The Kier molecular flexibility index (Phi) is 3.06. The van der Waals surface area contributed by atoms with Crippen molar-refractivity contribution in [2.24, 2.45) is 0 Å². The SMILES string of the molecule is [O]CCCSc1ccc2nc[nH]c2c1. The van der Waals surface area contributed by atoms with Gasteiger partial charge in [-0.15, -0.1) is 11.8 Å². The molecule has 0 amide bonds. The predicted molar refractivity (Wildman–Crippen MR) is 57.0 cm³/mol. The topological polar surface area (TPSA) is 48.6 Å². The summed E-state index contributed by atoms with van der Waals surface area (Å²) < 4.78 is 0. The van der Waals surface area contributed by atoms with Crippen LogP contribution in [0.15, 0.2) is 29.4 Å². The summed E-state index contributed by atoms with van der Waals surface area (Å²) in [5.74, 6) is 0.892. The second-order valence-electron chi connectivity index (χ2n) is 2.99. The average molecular weight is 207 g/mol. The van der Waals surface area contributed by atoms with Crippen LogP contribution in [0.25, 0.3) is 11.0 Å². The summed E-state index contributed by atoms with van der Waals surface area (Å²) in [5, 5.41) is 10.3. The third kappa shape index (κ3) is 2.08. The van der Waals surface area contributed by atoms with E-state index >= 15 is 0 Å². The first kappa shape index (κ1) is 9.55. The van der Waals surface area contributed by atoms with E-state index < -0.39 is 0 Å². The number of H-pyrrole nitrogens is 1. The van der Waals surface area contributed by atoms with Crippen LogP contribution in [-0.2, 0) is 5.11 Å². The van der Waals surface area contributed by atoms with Crippen molar-refractivity contribution < 1.29 is 5.11 Å². The van der Waals surface area contributed by atoms with Gasteiger partial charge in [-0.3, -0.25) is 0 Å². The Morgan fingerprint density at radius 3 is 3.21 bits per heavy atom. The molecule has 1 N–H and O–H groups in total. The lowest BCUT2D eigenvalue weighted by molar-refractivity contribution is 0.194. The Bertz CT molecular complexity index is 413. The predicted octanol–water partition coefficient (Wildman–Crippen LogP) is 2.48. The van der Waals surface area contributed by atoms with E-state index in [1.807, 2.05) is 12.1 Å². The summed E-state index contributed by atoms with van der Waals surface area (Å²) in [6.45, 7) is 0.0132. The van der Waals surface area contributed by atoms with Crippen LogP contribution < -0.4 is 0 Å². The van der Waals surface area contributed by atoms with Gasteiger partial charge in [0.25, 0.3) is 0 Å². The van der Waals surface area contributed by atoms with E-state index in [1.165, 1.54) is 4.90 Å². The van der Waals surface area contributed by atoms with Crippen LogP contribution >= 0.6 is 11.8 Å². The van der Waals surface area contributed by atoms with Gasteiger partial charge in [0.15, 0.2) is 0 Å². The molecular formula is C10H11N2OS.